The van der Waals surface area contributed by atoms with Crippen LogP contribution < -0.4 is 9.44 Å². The van der Waals surface area contributed by atoms with Gasteiger partial charge in [-0.25, -0.2) is 0 Å². The summed E-state index contributed by atoms with van der Waals surface area (Å²) in [4.78, 5) is 30.9. The van der Waals surface area contributed by atoms with Crippen molar-refractivity contribution in [2.24, 2.45) is 5.16 Å². The molecular weight excluding hydrogens is 1150 g/mol. The van der Waals surface area contributed by atoms with Crippen molar-refractivity contribution in [1.29, 1.82) is 5.26 Å². The van der Waals surface area contributed by atoms with E-state index in [0.29, 0.717) is 16.7 Å². The van der Waals surface area contributed by atoms with E-state index >= 15 is 0 Å². The average Bonchev–Trinajstić information content (AvgIpc) is 3.46. The molecule has 1 heterocycles. The van der Waals surface area contributed by atoms with Gasteiger partial charge in [0, 0.05) is 20.7 Å². The van der Waals surface area contributed by atoms with Crippen LogP contribution in [0.15, 0.2) is 235 Å². The van der Waals surface area contributed by atoms with Crippen molar-refractivity contribution < 1.29 is 78.6 Å². The van der Waals surface area contributed by atoms with Crippen LogP contribution in [0, 0.1) is 18.3 Å². The van der Waals surface area contributed by atoms with Crippen LogP contribution in [0.3, 0.4) is 0 Å². The number of ether oxygens (including phenoxy) is 1. The molecule has 0 radical (unpaired) electrons. The van der Waals surface area contributed by atoms with Crippen LogP contribution in [0.25, 0.3) is 10.8 Å². The van der Waals surface area contributed by atoms with Gasteiger partial charge in [-0.15, -0.1) is 9.35 Å². The Hall–Kier alpha value is -7.72. The summed E-state index contributed by atoms with van der Waals surface area (Å²) in [6.07, 6.45) is 0. The van der Waals surface area contributed by atoms with Crippen LogP contribution in [-0.2, 0) is 39.7 Å². The van der Waals surface area contributed by atoms with Gasteiger partial charge in [0.15, 0.2) is 20.4 Å². The van der Waals surface area contributed by atoms with E-state index in [1.54, 1.807) is 60.3 Å². The van der Waals surface area contributed by atoms with Gasteiger partial charge in [-0.2, -0.15) is 35.3 Å². The topological polar surface area (TPSA) is 169 Å². The number of methoxy groups -OCH3 is 1. The summed E-state index contributed by atoms with van der Waals surface area (Å²) >= 11 is 1.80. The average molecular weight is 1190 g/mol. The maximum absolute atomic E-state index is 12.4. The minimum Gasteiger partial charge on any atom is -1.00 e. The molecule has 412 valence electrons. The molecule has 8 aromatic rings. The third-order valence-corrected chi connectivity index (χ3v) is 15.5. The monoisotopic (exact) mass is 1190 g/mol. The molecule has 0 unspecified atom stereocenters. The van der Waals surface area contributed by atoms with Crippen molar-refractivity contribution in [3.05, 3.63) is 222 Å². The molecule has 9 rings (SSSR count). The van der Waals surface area contributed by atoms with Gasteiger partial charge < -0.3 is 9.44 Å². The molecule has 1 aliphatic heterocycles. The molecule has 0 saturated carbocycles. The largest absolute Gasteiger partial charge is 1.00 e. The first kappa shape index (κ1) is 62.1. The van der Waals surface area contributed by atoms with E-state index in [1.165, 1.54) is 68.0 Å². The van der Waals surface area contributed by atoms with E-state index in [4.69, 9.17) is 10.00 Å². The van der Waals surface area contributed by atoms with E-state index in [9.17, 15) is 60.6 Å². The number of carbonyl (C=O) groups excluding carboxylic acids is 2. The first-order valence-corrected chi connectivity index (χ1v) is 28.6. The van der Waals surface area contributed by atoms with Gasteiger partial charge in [-0.1, -0.05) is 113 Å². The quantitative estimate of drug-likeness (QED) is 0.0217. The number of amides is 2. The van der Waals surface area contributed by atoms with Crippen LogP contribution in [0.4, 0.5) is 34.2 Å². The first-order valence-electron chi connectivity index (χ1n) is 22.1. The summed E-state index contributed by atoms with van der Waals surface area (Å²) in [7, 11) is -17.3. The third kappa shape index (κ3) is 17.6. The Morgan fingerprint density at radius 3 is 1.51 bits per heavy atom. The van der Waals surface area contributed by atoms with Gasteiger partial charge >= 0.3 is 54.9 Å². The van der Waals surface area contributed by atoms with Gasteiger partial charge in [-0.3, -0.25) is 13.9 Å². The Morgan fingerprint density at radius 1 is 0.620 bits per heavy atom. The fourth-order valence-corrected chi connectivity index (χ4v) is 10.8. The van der Waals surface area contributed by atoms with Gasteiger partial charge in [0.25, 0.3) is 11.8 Å². The molecule has 1 aliphatic rings. The molecule has 0 bridgehead atoms. The number of nitriles is 1. The van der Waals surface area contributed by atoms with Gasteiger partial charge in [0.05, 0.1) is 29.1 Å². The fraction of sp³-hybridized carbons (Fsp3) is 0.0566. The number of halogens is 9. The van der Waals surface area contributed by atoms with E-state index in [2.05, 4.69) is 129 Å². The zero-order valence-corrected chi connectivity index (χ0v) is 44.7. The second-order valence-electron chi connectivity index (χ2n) is 15.7. The Kier molecular flexibility index (Phi) is 20.7. The molecule has 0 atom stereocenters. The SMILES string of the molecule is COc1ccc(/C(C#N)=N/OS(=O)(=O)c2ccc(C)cc2)cc1.FP(F)(F)(F)F.O=C1c2cccc3cccc(c23)C(=O)N1OS(=O)(=O)C(F)(F)F.[F-].c1ccc(Sc2ccc([S+](c3ccccc3)c3ccccc3)cc2)cc1. The molecule has 0 fully saturated rings. The molecular formula is C53H39F9N3O9PS4. The molecule has 2 amide bonds. The smallest absolute Gasteiger partial charge is 0.525 e. The normalized spacial score (nSPS) is 12.9. The summed E-state index contributed by atoms with van der Waals surface area (Å²) in [5, 5.41) is 12.9. The Morgan fingerprint density at radius 2 is 1.06 bits per heavy atom. The van der Waals surface area contributed by atoms with Crippen LogP contribution in [0.2, 0.25) is 0 Å². The number of hydrogen-bond donors (Lipinski definition) is 0. The van der Waals surface area contributed by atoms with Gasteiger partial charge in [0.2, 0.25) is 0 Å². The van der Waals surface area contributed by atoms with Crippen molar-refractivity contribution >= 4 is 79.3 Å². The molecule has 8 aromatic carbocycles. The number of rotatable bonds is 12. The standard InChI is InChI=1S/C24H19S2.C16H14N2O4S.C13H6F3NO5S.F5P.FH/c1-4-10-20(11-5-1)25-21-16-18-24(19-17-21)26(22-12-6-2-7-13-22)23-14-8-3-9-15-23;1-12-3-9-15(10-4-12)23(19,20)22-18-16(11-17)13-5-7-14(21-2)8-6-13;14-13(15,16)23(20,21)22-17-11(18)8-5-1-3-7-4-2-6-9(10(7)8)12(17)19;1-6(2,3,4)5;/h1-19H;3-10H,1-2H3;1-6H;;1H/q+1;;;;/p-1/b;18-16+;;;. The summed E-state index contributed by atoms with van der Waals surface area (Å²) in [6.45, 7) is 1.84. The van der Waals surface area contributed by atoms with Crippen LogP contribution in [0.1, 0.15) is 31.8 Å². The minimum atomic E-state index is -8.55. The molecule has 0 aromatic heterocycles. The molecule has 0 saturated heterocycles. The predicted molar refractivity (Wildman–Crippen MR) is 280 cm³/mol. The number of aryl methyl sites for hydroxylation is 1. The number of imide groups is 1. The Balaban J connectivity index is 0.000000206. The van der Waals surface area contributed by atoms with Crippen LogP contribution in [0.5, 0.6) is 5.75 Å². The summed E-state index contributed by atoms with van der Waals surface area (Å²) < 4.78 is 146. The number of benzene rings is 8. The summed E-state index contributed by atoms with van der Waals surface area (Å²) in [5.74, 6) is -1.96. The minimum absolute atomic E-state index is 0. The zero-order valence-electron chi connectivity index (χ0n) is 40.6. The van der Waals surface area contributed by atoms with Crippen molar-refractivity contribution in [3.63, 3.8) is 0 Å². The molecule has 0 spiro atoms. The van der Waals surface area contributed by atoms with Crippen molar-refractivity contribution in [2.75, 3.05) is 7.11 Å². The number of alkyl halides is 3. The Labute approximate surface area is 454 Å². The number of nitrogens with zero attached hydrogens (tertiary/aromatic N) is 3. The van der Waals surface area contributed by atoms with Gasteiger partial charge in [-0.05, 0) is 122 Å². The maximum Gasteiger partial charge on any atom is 0.525 e. The number of hydrogen-bond acceptors (Lipinski definition) is 12. The van der Waals surface area contributed by atoms with Crippen molar-refractivity contribution in [3.8, 4) is 11.8 Å². The fourth-order valence-electron chi connectivity index (χ4n) is 6.73. The number of hydroxylamine groups is 2. The van der Waals surface area contributed by atoms with Crippen LogP contribution >= 0.6 is 19.9 Å². The molecule has 0 N–H and O–H groups in total. The van der Waals surface area contributed by atoms with Crippen molar-refractivity contribution in [1.82, 2.24) is 5.06 Å². The molecule has 26 heteroatoms. The van der Waals surface area contributed by atoms with Gasteiger partial charge in [0.1, 0.15) is 16.7 Å². The van der Waals surface area contributed by atoms with E-state index in [0.717, 1.165) is 5.56 Å². The summed E-state index contributed by atoms with van der Waals surface area (Å²) in [5.41, 5.74) is -4.83. The maximum atomic E-state index is 12.4. The second-order valence-corrected chi connectivity index (χ2v) is 23.2. The van der Waals surface area contributed by atoms with Crippen LogP contribution in [-0.4, -0.2) is 52.0 Å². The zero-order chi connectivity index (χ0) is 56.9. The van der Waals surface area contributed by atoms with E-state index in [-0.39, 0.29) is 47.8 Å². The number of carbonyl (C=O) groups is 2. The Bertz CT molecular complexity index is 3590. The molecule has 0 aliphatic carbocycles. The van der Waals surface area contributed by atoms with Crippen molar-refractivity contribution in [2.45, 2.75) is 41.8 Å². The predicted octanol–water partition coefficient (Wildman–Crippen LogP) is 11.8. The van der Waals surface area contributed by atoms with E-state index in [1.807, 2.05) is 13.0 Å². The first-order chi connectivity index (χ1) is 36.7. The second kappa shape index (κ2) is 26.3. The molecule has 79 heavy (non-hydrogen) atoms. The third-order valence-electron chi connectivity index (χ3n) is 10.2. The number of oxime groups is 1. The summed E-state index contributed by atoms with van der Waals surface area (Å²) in [6, 6.07) is 64.1. The van der Waals surface area contributed by atoms with E-state index < -0.39 is 45.7 Å². The molecule has 12 nitrogen and oxygen atoms in total.